The number of fused-ring (bicyclic) bond motifs is 1. The summed E-state index contributed by atoms with van der Waals surface area (Å²) < 4.78 is 21.0. The van der Waals surface area contributed by atoms with Gasteiger partial charge in [-0.2, -0.15) is 0 Å². The van der Waals surface area contributed by atoms with Crippen LogP contribution < -0.4 is 15.4 Å². The molecule has 0 saturated carbocycles. The molecule has 0 unspecified atom stereocenters. The Kier molecular flexibility index (Phi) is 5.31. The standard InChI is InChI=1S/C23H20N2O7/c1-23(2)31-21(27)15(22(28)32-23)12-24-14-8-9-16(18(11-14)29-3)25-20(26)19-10-13-6-4-5-7-17(13)30-19/h4-12,24H,1-3H3,(H,25,26). The fourth-order valence-electron chi connectivity index (χ4n) is 3.10. The van der Waals surface area contributed by atoms with Gasteiger partial charge in [-0.15, -0.1) is 0 Å². The lowest BCUT2D eigenvalue weighted by molar-refractivity contribution is -0.222. The van der Waals surface area contributed by atoms with Crippen LogP contribution in [0.4, 0.5) is 11.4 Å². The Morgan fingerprint density at radius 1 is 1.03 bits per heavy atom. The number of anilines is 2. The topological polar surface area (TPSA) is 116 Å². The van der Waals surface area contributed by atoms with Gasteiger partial charge in [-0.1, -0.05) is 18.2 Å². The Bertz CT molecular complexity index is 1200. The third-order valence-corrected chi connectivity index (χ3v) is 4.60. The van der Waals surface area contributed by atoms with E-state index in [0.29, 0.717) is 22.7 Å². The molecule has 2 N–H and O–H groups in total. The molecule has 4 rings (SSSR count). The first-order valence-corrected chi connectivity index (χ1v) is 9.67. The van der Waals surface area contributed by atoms with Gasteiger partial charge in [0.1, 0.15) is 11.3 Å². The predicted octanol–water partition coefficient (Wildman–Crippen LogP) is 3.83. The molecule has 3 aromatic rings. The Morgan fingerprint density at radius 3 is 2.44 bits per heavy atom. The first-order valence-electron chi connectivity index (χ1n) is 9.67. The summed E-state index contributed by atoms with van der Waals surface area (Å²) in [5.74, 6) is -2.81. The highest BCUT2D eigenvalue weighted by Crippen LogP contribution is 2.30. The van der Waals surface area contributed by atoms with E-state index in [9.17, 15) is 14.4 Å². The van der Waals surface area contributed by atoms with Gasteiger partial charge in [0.2, 0.25) is 0 Å². The first-order chi connectivity index (χ1) is 15.3. The van der Waals surface area contributed by atoms with E-state index < -0.39 is 23.6 Å². The fourth-order valence-corrected chi connectivity index (χ4v) is 3.10. The summed E-state index contributed by atoms with van der Waals surface area (Å²) in [6.07, 6.45) is 1.20. The van der Waals surface area contributed by atoms with Crippen LogP contribution in [0.2, 0.25) is 0 Å². The molecule has 164 valence electrons. The molecule has 0 bridgehead atoms. The Morgan fingerprint density at radius 2 is 1.75 bits per heavy atom. The SMILES string of the molecule is COc1cc(NC=C2C(=O)OC(C)(C)OC2=O)ccc1NC(=O)c1cc2ccccc2o1. The van der Waals surface area contributed by atoms with Crippen molar-refractivity contribution < 1.29 is 33.0 Å². The zero-order valence-electron chi connectivity index (χ0n) is 17.6. The molecule has 1 amide bonds. The van der Waals surface area contributed by atoms with Gasteiger partial charge < -0.3 is 29.3 Å². The number of amides is 1. The summed E-state index contributed by atoms with van der Waals surface area (Å²) in [6.45, 7) is 2.94. The zero-order valence-corrected chi connectivity index (χ0v) is 17.6. The fraction of sp³-hybridized carbons (Fsp3) is 0.174. The van der Waals surface area contributed by atoms with Crippen molar-refractivity contribution >= 4 is 40.2 Å². The van der Waals surface area contributed by atoms with E-state index in [2.05, 4.69) is 10.6 Å². The maximum Gasteiger partial charge on any atom is 0.350 e. The highest BCUT2D eigenvalue weighted by Gasteiger charge is 2.38. The lowest BCUT2D eigenvalue weighted by atomic mass is 10.2. The van der Waals surface area contributed by atoms with Crippen LogP contribution in [-0.2, 0) is 19.1 Å². The van der Waals surface area contributed by atoms with E-state index in [-0.39, 0.29) is 11.3 Å². The minimum Gasteiger partial charge on any atom is -0.494 e. The number of esters is 2. The highest BCUT2D eigenvalue weighted by atomic mass is 16.7. The van der Waals surface area contributed by atoms with Gasteiger partial charge in [0.15, 0.2) is 11.3 Å². The second-order valence-electron chi connectivity index (χ2n) is 7.40. The molecule has 0 spiro atoms. The minimum absolute atomic E-state index is 0.164. The average molecular weight is 436 g/mol. The van der Waals surface area contributed by atoms with Crippen LogP contribution in [0.3, 0.4) is 0 Å². The highest BCUT2D eigenvalue weighted by molar-refractivity contribution is 6.15. The monoisotopic (exact) mass is 436 g/mol. The summed E-state index contributed by atoms with van der Waals surface area (Å²) in [6, 6.07) is 13.8. The molecule has 1 aliphatic heterocycles. The van der Waals surface area contributed by atoms with Crippen LogP contribution in [0.15, 0.2) is 64.7 Å². The molecule has 2 heterocycles. The smallest absolute Gasteiger partial charge is 0.350 e. The molecule has 1 fully saturated rings. The van der Waals surface area contributed by atoms with Crippen molar-refractivity contribution in [3.8, 4) is 5.75 Å². The number of furan rings is 1. The summed E-state index contributed by atoms with van der Waals surface area (Å²) in [5.41, 5.74) is 1.25. The summed E-state index contributed by atoms with van der Waals surface area (Å²) in [5, 5.41) is 6.40. The van der Waals surface area contributed by atoms with E-state index in [4.69, 9.17) is 18.6 Å². The van der Waals surface area contributed by atoms with Crippen LogP contribution in [0.1, 0.15) is 24.4 Å². The second kappa shape index (κ2) is 8.10. The molecule has 9 nitrogen and oxygen atoms in total. The van der Waals surface area contributed by atoms with E-state index in [1.807, 2.05) is 18.2 Å². The van der Waals surface area contributed by atoms with Crippen molar-refractivity contribution in [2.45, 2.75) is 19.6 Å². The van der Waals surface area contributed by atoms with Gasteiger partial charge in [-0.05, 0) is 24.3 Å². The zero-order chi connectivity index (χ0) is 22.9. The average Bonchev–Trinajstić information content (AvgIpc) is 3.17. The number of benzene rings is 2. The molecule has 1 saturated heterocycles. The van der Waals surface area contributed by atoms with Gasteiger partial charge in [0.05, 0.1) is 12.8 Å². The van der Waals surface area contributed by atoms with Crippen LogP contribution in [0.5, 0.6) is 5.75 Å². The number of rotatable bonds is 5. The Hall–Kier alpha value is -4.27. The van der Waals surface area contributed by atoms with Crippen molar-refractivity contribution in [2.24, 2.45) is 0 Å². The lowest BCUT2D eigenvalue weighted by Gasteiger charge is -2.29. The maximum atomic E-state index is 12.6. The molecule has 0 radical (unpaired) electrons. The van der Waals surface area contributed by atoms with E-state index in [1.165, 1.54) is 27.2 Å². The molecule has 1 aromatic heterocycles. The first kappa shape index (κ1) is 21.0. The van der Waals surface area contributed by atoms with E-state index >= 15 is 0 Å². The maximum absolute atomic E-state index is 12.6. The molecule has 0 aliphatic carbocycles. The largest absolute Gasteiger partial charge is 0.494 e. The molecule has 2 aromatic carbocycles. The number of hydrogen-bond acceptors (Lipinski definition) is 8. The summed E-state index contributed by atoms with van der Waals surface area (Å²) >= 11 is 0. The number of para-hydroxylation sites is 1. The Balaban J connectivity index is 1.50. The molecular weight excluding hydrogens is 416 g/mol. The number of ether oxygens (including phenoxy) is 3. The molecule has 32 heavy (non-hydrogen) atoms. The third-order valence-electron chi connectivity index (χ3n) is 4.60. The molecule has 1 aliphatic rings. The van der Waals surface area contributed by atoms with Crippen molar-refractivity contribution in [2.75, 3.05) is 17.7 Å². The number of cyclic esters (lactones) is 2. The van der Waals surface area contributed by atoms with Gasteiger partial charge >= 0.3 is 11.9 Å². The van der Waals surface area contributed by atoms with Gasteiger partial charge in [0, 0.05) is 37.2 Å². The number of nitrogens with one attached hydrogen (secondary N) is 2. The molecule has 9 heteroatoms. The van der Waals surface area contributed by atoms with Crippen molar-refractivity contribution in [1.29, 1.82) is 0 Å². The van der Waals surface area contributed by atoms with Crippen LogP contribution in [0.25, 0.3) is 11.0 Å². The summed E-state index contributed by atoms with van der Waals surface area (Å²) in [7, 11) is 1.45. The van der Waals surface area contributed by atoms with E-state index in [0.717, 1.165) is 5.39 Å². The van der Waals surface area contributed by atoms with Crippen LogP contribution in [-0.4, -0.2) is 30.7 Å². The number of hydrogen-bond donors (Lipinski definition) is 2. The lowest BCUT2D eigenvalue weighted by Crippen LogP contribution is -2.42. The van der Waals surface area contributed by atoms with E-state index in [1.54, 1.807) is 30.3 Å². The second-order valence-corrected chi connectivity index (χ2v) is 7.40. The van der Waals surface area contributed by atoms with Crippen LogP contribution >= 0.6 is 0 Å². The number of carbonyl (C=O) groups excluding carboxylic acids is 3. The van der Waals surface area contributed by atoms with Crippen molar-refractivity contribution in [3.05, 3.63) is 66.1 Å². The number of carbonyl (C=O) groups is 3. The predicted molar refractivity (Wildman–Crippen MR) is 115 cm³/mol. The molecular formula is C23H20N2O7. The van der Waals surface area contributed by atoms with Gasteiger partial charge in [0.25, 0.3) is 11.7 Å². The molecule has 0 atom stereocenters. The third kappa shape index (κ3) is 4.27. The Labute approximate surface area is 182 Å². The van der Waals surface area contributed by atoms with Gasteiger partial charge in [-0.25, -0.2) is 9.59 Å². The van der Waals surface area contributed by atoms with Crippen molar-refractivity contribution in [3.63, 3.8) is 0 Å². The van der Waals surface area contributed by atoms with Gasteiger partial charge in [-0.3, -0.25) is 4.79 Å². The van der Waals surface area contributed by atoms with Crippen molar-refractivity contribution in [1.82, 2.24) is 0 Å². The normalized spacial score (nSPS) is 15.0. The number of methoxy groups -OCH3 is 1. The van der Waals surface area contributed by atoms with Crippen LogP contribution in [0, 0.1) is 0 Å². The quantitative estimate of drug-likeness (QED) is 0.352. The minimum atomic E-state index is -1.31. The summed E-state index contributed by atoms with van der Waals surface area (Å²) in [4.78, 5) is 36.7.